The molecule has 0 radical (unpaired) electrons. The number of rotatable bonds is 3. The lowest BCUT2D eigenvalue weighted by molar-refractivity contribution is -0.121. The van der Waals surface area contributed by atoms with Gasteiger partial charge in [0.15, 0.2) is 6.61 Å². The molecule has 2 amide bonds. The molecule has 0 unspecified atom stereocenters. The van der Waals surface area contributed by atoms with Crippen molar-refractivity contribution in [3.8, 4) is 5.75 Å². The molecule has 2 aromatic rings. The van der Waals surface area contributed by atoms with Crippen LogP contribution in [0.4, 0.5) is 11.4 Å². The number of amides is 2. The molecule has 124 valence electrons. The van der Waals surface area contributed by atoms with E-state index in [1.54, 1.807) is 47.4 Å². The molecular weight excluding hydrogens is 328 g/mol. The van der Waals surface area contributed by atoms with Crippen LogP contribution in [0.2, 0.25) is 5.02 Å². The SMILES string of the molecule is CC(C)N1C(=O)COc2ccc(NC(=O)c3ccccc3Cl)cc21. The van der Waals surface area contributed by atoms with Crippen LogP contribution in [0.3, 0.4) is 0 Å². The van der Waals surface area contributed by atoms with Gasteiger partial charge in [0, 0.05) is 11.7 Å². The van der Waals surface area contributed by atoms with E-state index >= 15 is 0 Å². The normalized spacial score (nSPS) is 13.5. The fourth-order valence-electron chi connectivity index (χ4n) is 2.66. The van der Waals surface area contributed by atoms with Crippen molar-refractivity contribution >= 4 is 34.8 Å². The molecule has 0 spiro atoms. The number of nitrogens with one attached hydrogen (secondary N) is 1. The summed E-state index contributed by atoms with van der Waals surface area (Å²) in [4.78, 5) is 26.1. The maximum atomic E-state index is 12.4. The van der Waals surface area contributed by atoms with Gasteiger partial charge < -0.3 is 15.0 Å². The monoisotopic (exact) mass is 344 g/mol. The van der Waals surface area contributed by atoms with Gasteiger partial charge in [-0.25, -0.2) is 0 Å². The predicted molar refractivity (Wildman–Crippen MR) is 94.0 cm³/mol. The Kier molecular flexibility index (Phi) is 4.44. The second kappa shape index (κ2) is 6.53. The fraction of sp³-hybridized carbons (Fsp3) is 0.222. The van der Waals surface area contributed by atoms with Crippen LogP contribution in [-0.2, 0) is 4.79 Å². The van der Waals surface area contributed by atoms with Crippen molar-refractivity contribution in [2.45, 2.75) is 19.9 Å². The van der Waals surface area contributed by atoms with Gasteiger partial charge in [0.25, 0.3) is 11.8 Å². The van der Waals surface area contributed by atoms with E-state index in [2.05, 4.69) is 5.32 Å². The Hall–Kier alpha value is -2.53. The van der Waals surface area contributed by atoms with Crippen molar-refractivity contribution in [1.29, 1.82) is 0 Å². The number of benzene rings is 2. The van der Waals surface area contributed by atoms with Crippen molar-refractivity contribution < 1.29 is 14.3 Å². The van der Waals surface area contributed by atoms with E-state index in [1.165, 1.54) is 0 Å². The van der Waals surface area contributed by atoms with Gasteiger partial charge in [-0.15, -0.1) is 0 Å². The third kappa shape index (κ3) is 3.08. The lowest BCUT2D eigenvalue weighted by atomic mass is 10.1. The summed E-state index contributed by atoms with van der Waals surface area (Å²) in [6, 6.07) is 12.1. The minimum Gasteiger partial charge on any atom is -0.482 e. The van der Waals surface area contributed by atoms with Crippen LogP contribution in [-0.4, -0.2) is 24.5 Å². The number of hydrogen-bond donors (Lipinski definition) is 1. The zero-order chi connectivity index (χ0) is 17.3. The molecule has 24 heavy (non-hydrogen) atoms. The first kappa shape index (κ1) is 16.3. The Bertz CT molecular complexity index is 805. The number of carbonyl (C=O) groups is 2. The van der Waals surface area contributed by atoms with Crippen LogP contribution >= 0.6 is 11.6 Å². The number of hydrogen-bond acceptors (Lipinski definition) is 3. The summed E-state index contributed by atoms with van der Waals surface area (Å²) in [5.41, 5.74) is 1.62. The van der Waals surface area contributed by atoms with E-state index in [0.717, 1.165) is 0 Å². The van der Waals surface area contributed by atoms with E-state index in [0.29, 0.717) is 27.7 Å². The Balaban J connectivity index is 1.90. The standard InChI is InChI=1S/C18H17ClN2O3/c1-11(2)21-15-9-12(7-8-16(15)24-10-17(21)22)20-18(23)13-5-3-4-6-14(13)19/h3-9,11H,10H2,1-2H3,(H,20,23). The van der Waals surface area contributed by atoms with Crippen LogP contribution < -0.4 is 15.0 Å². The molecule has 5 nitrogen and oxygen atoms in total. The maximum absolute atomic E-state index is 12.4. The van der Waals surface area contributed by atoms with Crippen LogP contribution in [0.25, 0.3) is 0 Å². The van der Waals surface area contributed by atoms with Crippen molar-refractivity contribution in [3.63, 3.8) is 0 Å². The highest BCUT2D eigenvalue weighted by atomic mass is 35.5. The van der Waals surface area contributed by atoms with Gasteiger partial charge in [0.05, 0.1) is 16.3 Å². The lowest BCUT2D eigenvalue weighted by Crippen LogP contribution is -2.43. The summed E-state index contributed by atoms with van der Waals surface area (Å²) in [5, 5.41) is 3.19. The predicted octanol–water partition coefficient (Wildman–Crippen LogP) is 3.73. The number of anilines is 2. The highest BCUT2D eigenvalue weighted by molar-refractivity contribution is 6.34. The third-order valence-corrected chi connectivity index (χ3v) is 4.06. The van der Waals surface area contributed by atoms with Crippen molar-refractivity contribution in [1.82, 2.24) is 0 Å². The summed E-state index contributed by atoms with van der Waals surface area (Å²) >= 11 is 6.05. The van der Waals surface area contributed by atoms with Crippen LogP contribution in [0.1, 0.15) is 24.2 Å². The summed E-state index contributed by atoms with van der Waals surface area (Å²) in [6.07, 6.45) is 0. The minimum atomic E-state index is -0.306. The van der Waals surface area contributed by atoms with E-state index in [1.807, 2.05) is 13.8 Å². The van der Waals surface area contributed by atoms with E-state index < -0.39 is 0 Å². The number of fused-ring (bicyclic) bond motifs is 1. The molecular formula is C18H17ClN2O3. The summed E-state index contributed by atoms with van der Waals surface area (Å²) in [6.45, 7) is 3.89. The van der Waals surface area contributed by atoms with Crippen LogP contribution in [0, 0.1) is 0 Å². The molecule has 2 aromatic carbocycles. The number of carbonyl (C=O) groups excluding carboxylic acids is 2. The number of halogens is 1. The second-order valence-electron chi connectivity index (χ2n) is 5.76. The molecule has 0 saturated carbocycles. The van der Waals surface area contributed by atoms with Crippen LogP contribution in [0.5, 0.6) is 5.75 Å². The van der Waals surface area contributed by atoms with Gasteiger partial charge in [0.1, 0.15) is 5.75 Å². The zero-order valence-electron chi connectivity index (χ0n) is 13.4. The third-order valence-electron chi connectivity index (χ3n) is 3.73. The number of nitrogens with zero attached hydrogens (tertiary/aromatic N) is 1. The largest absolute Gasteiger partial charge is 0.482 e. The van der Waals surface area contributed by atoms with Crippen molar-refractivity contribution in [2.24, 2.45) is 0 Å². The molecule has 0 aliphatic carbocycles. The molecule has 1 heterocycles. The first-order chi connectivity index (χ1) is 11.5. The number of ether oxygens (including phenoxy) is 1. The Morgan fingerprint density at radius 3 is 2.71 bits per heavy atom. The summed E-state index contributed by atoms with van der Waals surface area (Å²) < 4.78 is 5.45. The Morgan fingerprint density at radius 2 is 2.00 bits per heavy atom. The lowest BCUT2D eigenvalue weighted by Gasteiger charge is -2.32. The first-order valence-electron chi connectivity index (χ1n) is 7.62. The molecule has 1 aliphatic rings. The molecule has 6 heteroatoms. The molecule has 3 rings (SSSR count). The quantitative estimate of drug-likeness (QED) is 0.923. The van der Waals surface area contributed by atoms with Gasteiger partial charge in [0.2, 0.25) is 0 Å². The highest BCUT2D eigenvalue weighted by Gasteiger charge is 2.28. The summed E-state index contributed by atoms with van der Waals surface area (Å²) in [7, 11) is 0. The summed E-state index contributed by atoms with van der Waals surface area (Å²) in [5.74, 6) is 0.214. The van der Waals surface area contributed by atoms with Gasteiger partial charge in [-0.3, -0.25) is 9.59 Å². The smallest absolute Gasteiger partial charge is 0.265 e. The van der Waals surface area contributed by atoms with Crippen LogP contribution in [0.15, 0.2) is 42.5 Å². The zero-order valence-corrected chi connectivity index (χ0v) is 14.1. The maximum Gasteiger partial charge on any atom is 0.265 e. The fourth-order valence-corrected chi connectivity index (χ4v) is 2.88. The Labute approximate surface area is 145 Å². The van der Waals surface area contributed by atoms with Gasteiger partial charge in [-0.2, -0.15) is 0 Å². The molecule has 0 bridgehead atoms. The van der Waals surface area contributed by atoms with Gasteiger partial charge in [-0.05, 0) is 44.2 Å². The Morgan fingerprint density at radius 1 is 1.25 bits per heavy atom. The average Bonchev–Trinajstić information content (AvgIpc) is 2.54. The average molecular weight is 345 g/mol. The molecule has 0 aromatic heterocycles. The second-order valence-corrected chi connectivity index (χ2v) is 6.17. The molecule has 0 saturated heterocycles. The van der Waals surface area contributed by atoms with Crippen molar-refractivity contribution in [2.75, 3.05) is 16.8 Å². The minimum absolute atomic E-state index is 0.00494. The molecule has 1 N–H and O–H groups in total. The highest BCUT2D eigenvalue weighted by Crippen LogP contribution is 2.35. The van der Waals surface area contributed by atoms with Crippen molar-refractivity contribution in [3.05, 3.63) is 53.1 Å². The molecule has 0 atom stereocenters. The van der Waals surface area contributed by atoms with E-state index in [9.17, 15) is 9.59 Å². The van der Waals surface area contributed by atoms with E-state index in [-0.39, 0.29) is 24.5 Å². The van der Waals surface area contributed by atoms with E-state index in [4.69, 9.17) is 16.3 Å². The first-order valence-corrected chi connectivity index (χ1v) is 8.00. The molecule has 0 fully saturated rings. The van der Waals surface area contributed by atoms with Gasteiger partial charge in [-0.1, -0.05) is 23.7 Å². The molecule has 1 aliphatic heterocycles. The topological polar surface area (TPSA) is 58.6 Å². The van der Waals surface area contributed by atoms with Gasteiger partial charge >= 0.3 is 0 Å².